The second-order valence-electron chi connectivity index (χ2n) is 11.3. The number of fused-ring (bicyclic) bond motifs is 1. The molecule has 4 aromatic rings. The summed E-state index contributed by atoms with van der Waals surface area (Å²) in [6.07, 6.45) is 6.15. The molecule has 1 saturated heterocycles. The number of pyridine rings is 2. The number of nitrogens with one attached hydrogen (secondary N) is 3. The van der Waals surface area contributed by atoms with Crippen LogP contribution in [0.25, 0.3) is 21.3 Å². The zero-order valence-corrected chi connectivity index (χ0v) is 25.8. The lowest BCUT2D eigenvalue weighted by Crippen LogP contribution is -2.46. The van der Waals surface area contributed by atoms with Gasteiger partial charge in [-0.15, -0.1) is 11.3 Å². The molecule has 10 nitrogen and oxygen atoms in total. The number of amides is 3. The maximum atomic E-state index is 13.3. The molecule has 3 amide bonds. The van der Waals surface area contributed by atoms with Crippen LogP contribution in [0.3, 0.4) is 0 Å². The number of thiophene rings is 1. The first-order valence-corrected chi connectivity index (χ1v) is 15.4. The van der Waals surface area contributed by atoms with Crippen LogP contribution in [0.2, 0.25) is 5.02 Å². The van der Waals surface area contributed by atoms with Crippen molar-refractivity contribution >= 4 is 57.3 Å². The van der Waals surface area contributed by atoms with Gasteiger partial charge in [0.25, 0.3) is 5.56 Å². The number of piperidine rings is 1. The number of benzene rings is 1. The number of hydrogen-bond donors (Lipinski definition) is 3. The average molecular weight is 624 g/mol. The van der Waals surface area contributed by atoms with Crippen molar-refractivity contribution in [3.8, 4) is 16.2 Å². The van der Waals surface area contributed by atoms with Gasteiger partial charge in [-0.2, -0.15) is 0 Å². The SMILES string of the molecule is CC(C)(C)OC(=O)N1CCCCC1CCOc1c(-c2cccs2)c(=O)[nH]c2cc(Cl)c(NC(=O)Nc3ccncc3)cc12. The highest BCUT2D eigenvalue weighted by Gasteiger charge is 2.30. The van der Waals surface area contributed by atoms with Gasteiger partial charge in [-0.1, -0.05) is 17.7 Å². The molecule has 4 heterocycles. The summed E-state index contributed by atoms with van der Waals surface area (Å²) in [6.45, 7) is 6.46. The van der Waals surface area contributed by atoms with E-state index < -0.39 is 11.6 Å². The highest BCUT2D eigenvalue weighted by molar-refractivity contribution is 7.13. The van der Waals surface area contributed by atoms with Crippen molar-refractivity contribution in [2.75, 3.05) is 23.8 Å². The fraction of sp³-hybridized carbons (Fsp3) is 0.355. The summed E-state index contributed by atoms with van der Waals surface area (Å²) in [5, 5.41) is 8.25. The number of carbonyl (C=O) groups is 2. The van der Waals surface area contributed by atoms with E-state index in [1.807, 2.05) is 38.3 Å². The first-order chi connectivity index (χ1) is 20.6. The second kappa shape index (κ2) is 13.0. The minimum absolute atomic E-state index is 0.0504. The zero-order valence-electron chi connectivity index (χ0n) is 24.2. The van der Waals surface area contributed by atoms with E-state index in [1.165, 1.54) is 11.3 Å². The van der Waals surface area contributed by atoms with Crippen molar-refractivity contribution in [1.82, 2.24) is 14.9 Å². The third kappa shape index (κ3) is 7.47. The Labute approximate surface area is 258 Å². The number of aromatic nitrogens is 2. The van der Waals surface area contributed by atoms with Gasteiger partial charge in [-0.25, -0.2) is 9.59 Å². The molecule has 43 heavy (non-hydrogen) atoms. The number of ether oxygens (including phenoxy) is 2. The molecule has 0 saturated carbocycles. The van der Waals surface area contributed by atoms with Gasteiger partial charge in [0.05, 0.1) is 28.4 Å². The third-order valence-corrected chi connectivity index (χ3v) is 8.16. The number of nitrogens with zero attached hydrogens (tertiary/aromatic N) is 2. The molecule has 12 heteroatoms. The number of rotatable bonds is 7. The molecule has 1 fully saturated rings. The van der Waals surface area contributed by atoms with Crippen molar-refractivity contribution in [2.45, 2.75) is 58.1 Å². The Balaban J connectivity index is 1.43. The molecule has 1 aliphatic heterocycles. The Hall–Kier alpha value is -4.09. The maximum absolute atomic E-state index is 13.3. The Morgan fingerprint density at radius 2 is 1.95 bits per heavy atom. The fourth-order valence-corrected chi connectivity index (χ4v) is 6.03. The molecule has 0 spiro atoms. The first kappa shape index (κ1) is 30.4. The number of anilines is 2. The summed E-state index contributed by atoms with van der Waals surface area (Å²) in [5.74, 6) is 0.384. The number of halogens is 1. The van der Waals surface area contributed by atoms with Gasteiger partial charge in [0.15, 0.2) is 0 Å². The van der Waals surface area contributed by atoms with Crippen molar-refractivity contribution < 1.29 is 19.1 Å². The summed E-state index contributed by atoms with van der Waals surface area (Å²) in [7, 11) is 0. The van der Waals surface area contributed by atoms with Gasteiger partial charge in [0.1, 0.15) is 11.4 Å². The van der Waals surface area contributed by atoms with Crippen LogP contribution in [0.1, 0.15) is 46.5 Å². The maximum Gasteiger partial charge on any atom is 0.410 e. The Bertz CT molecular complexity index is 1650. The lowest BCUT2D eigenvalue weighted by molar-refractivity contribution is 0.00745. The summed E-state index contributed by atoms with van der Waals surface area (Å²) < 4.78 is 12.1. The van der Waals surface area contributed by atoms with Gasteiger partial charge in [0.2, 0.25) is 0 Å². The van der Waals surface area contributed by atoms with Crippen molar-refractivity contribution in [2.24, 2.45) is 0 Å². The van der Waals surface area contributed by atoms with E-state index >= 15 is 0 Å². The number of aromatic amines is 1. The van der Waals surface area contributed by atoms with E-state index in [0.29, 0.717) is 46.6 Å². The van der Waals surface area contributed by atoms with E-state index in [0.717, 1.165) is 24.1 Å². The van der Waals surface area contributed by atoms with E-state index in [2.05, 4.69) is 20.6 Å². The number of urea groups is 1. The minimum Gasteiger partial charge on any atom is -0.492 e. The number of carbonyl (C=O) groups excluding carboxylic acids is 2. The number of hydrogen-bond acceptors (Lipinski definition) is 7. The van der Waals surface area contributed by atoms with Gasteiger partial charge in [0, 0.05) is 47.4 Å². The molecule has 1 aromatic carbocycles. The van der Waals surface area contributed by atoms with Gasteiger partial charge in [-0.05, 0) is 75.7 Å². The van der Waals surface area contributed by atoms with Crippen molar-refractivity contribution in [3.05, 3.63) is 69.5 Å². The van der Waals surface area contributed by atoms with E-state index in [4.69, 9.17) is 21.1 Å². The highest BCUT2D eigenvalue weighted by Crippen LogP contribution is 2.39. The molecular weight excluding hydrogens is 590 g/mol. The summed E-state index contributed by atoms with van der Waals surface area (Å²) >= 11 is 7.95. The second-order valence-corrected chi connectivity index (χ2v) is 12.6. The minimum atomic E-state index is -0.586. The third-order valence-electron chi connectivity index (χ3n) is 6.96. The molecule has 1 atom stereocenters. The van der Waals surface area contributed by atoms with E-state index in [9.17, 15) is 14.4 Å². The van der Waals surface area contributed by atoms with Gasteiger partial charge >= 0.3 is 12.1 Å². The molecule has 1 unspecified atom stereocenters. The number of likely N-dealkylation sites (tertiary alicyclic amines) is 1. The van der Waals surface area contributed by atoms with E-state index in [-0.39, 0.29) is 29.3 Å². The lowest BCUT2D eigenvalue weighted by atomic mass is 10.00. The zero-order chi connectivity index (χ0) is 30.6. The molecule has 1 aliphatic rings. The molecule has 3 aromatic heterocycles. The predicted molar refractivity (Wildman–Crippen MR) is 170 cm³/mol. The monoisotopic (exact) mass is 623 g/mol. The van der Waals surface area contributed by atoms with Gasteiger partial charge < -0.3 is 30.0 Å². The first-order valence-electron chi connectivity index (χ1n) is 14.1. The summed E-state index contributed by atoms with van der Waals surface area (Å²) in [4.78, 5) is 48.4. The fourth-order valence-electron chi connectivity index (χ4n) is 5.06. The molecular formula is C31H34ClN5O5S. The molecule has 0 radical (unpaired) electrons. The Morgan fingerprint density at radius 3 is 2.67 bits per heavy atom. The van der Waals surface area contributed by atoms with Crippen molar-refractivity contribution in [3.63, 3.8) is 0 Å². The van der Waals surface area contributed by atoms with Crippen LogP contribution in [-0.2, 0) is 4.74 Å². The van der Waals surface area contributed by atoms with Crippen LogP contribution in [-0.4, -0.2) is 51.8 Å². The molecule has 5 rings (SSSR count). The average Bonchev–Trinajstić information content (AvgIpc) is 3.48. The molecule has 0 aliphatic carbocycles. The Morgan fingerprint density at radius 1 is 1.16 bits per heavy atom. The number of H-pyrrole nitrogens is 1. The highest BCUT2D eigenvalue weighted by atomic mass is 35.5. The Kier molecular flexibility index (Phi) is 9.22. The standard InChI is InChI=1S/C31H34ClN5O5S/c1-31(2,3)42-30(40)37-14-5-4-7-20(37)11-15-41-27-21-17-24(36-29(39)34-19-9-12-33-13-10-19)22(32)18-23(21)35-28(38)26(27)25-8-6-16-43-25/h6,8-10,12-13,16-18,20H,4-5,7,11,14-15H2,1-3H3,(H,35,38)(H2,33,34,36,39). The molecule has 0 bridgehead atoms. The largest absolute Gasteiger partial charge is 0.492 e. The predicted octanol–water partition coefficient (Wildman–Crippen LogP) is 7.51. The smallest absolute Gasteiger partial charge is 0.410 e. The van der Waals surface area contributed by atoms with Crippen LogP contribution < -0.4 is 20.9 Å². The van der Waals surface area contributed by atoms with Crippen LogP contribution in [0, 0.1) is 0 Å². The van der Waals surface area contributed by atoms with Crippen LogP contribution in [0.4, 0.5) is 21.0 Å². The van der Waals surface area contributed by atoms with Crippen LogP contribution >= 0.6 is 22.9 Å². The quantitative estimate of drug-likeness (QED) is 0.196. The van der Waals surface area contributed by atoms with Crippen molar-refractivity contribution in [1.29, 1.82) is 0 Å². The lowest BCUT2D eigenvalue weighted by Gasteiger charge is -2.36. The topological polar surface area (TPSA) is 126 Å². The van der Waals surface area contributed by atoms with Crippen LogP contribution in [0.5, 0.6) is 5.75 Å². The van der Waals surface area contributed by atoms with Gasteiger partial charge in [-0.3, -0.25) is 9.78 Å². The van der Waals surface area contributed by atoms with Crippen LogP contribution in [0.15, 0.2) is 59.0 Å². The molecule has 3 N–H and O–H groups in total. The normalized spacial score (nSPS) is 15.3. The summed E-state index contributed by atoms with van der Waals surface area (Å²) in [5.41, 5.74) is 0.879. The molecule has 226 valence electrons. The summed E-state index contributed by atoms with van der Waals surface area (Å²) in [6, 6.07) is 9.81. The van der Waals surface area contributed by atoms with E-state index in [1.54, 1.807) is 41.6 Å².